The van der Waals surface area contributed by atoms with Gasteiger partial charge < -0.3 is 15.5 Å². The lowest BCUT2D eigenvalue weighted by molar-refractivity contribution is -0.116. The van der Waals surface area contributed by atoms with Gasteiger partial charge in [-0.2, -0.15) is 0 Å². The van der Waals surface area contributed by atoms with Gasteiger partial charge in [0.1, 0.15) is 5.82 Å². The van der Waals surface area contributed by atoms with Crippen LogP contribution in [0.3, 0.4) is 0 Å². The zero-order valence-electron chi connectivity index (χ0n) is 13.6. The Kier molecular flexibility index (Phi) is 5.03. The van der Waals surface area contributed by atoms with Gasteiger partial charge in [0.05, 0.1) is 11.4 Å². The highest BCUT2D eigenvalue weighted by molar-refractivity contribution is 9.10. The first-order chi connectivity index (χ1) is 11.9. The minimum absolute atomic E-state index is 0.0594. The molecule has 0 saturated carbocycles. The standard InChI is InChI=1S/C18H17BrFN3O2/c1-11(24)23-7-6-13-8-14(19)9-16(17(13)23)22-18(25)21-10-12-2-4-15(20)5-3-12/h2-5,8-9H,6-7,10H2,1H3,(H2,21,22,25). The maximum Gasteiger partial charge on any atom is 0.319 e. The number of benzene rings is 2. The normalized spacial score (nSPS) is 12.7. The average molecular weight is 406 g/mol. The Morgan fingerprint density at radius 1 is 1.24 bits per heavy atom. The van der Waals surface area contributed by atoms with Crippen LogP contribution in [-0.2, 0) is 17.8 Å². The molecule has 2 aromatic rings. The summed E-state index contributed by atoms with van der Waals surface area (Å²) >= 11 is 3.43. The number of fused-ring (bicyclic) bond motifs is 1. The number of hydrogen-bond donors (Lipinski definition) is 2. The number of carbonyl (C=O) groups is 2. The SMILES string of the molecule is CC(=O)N1CCc2cc(Br)cc(NC(=O)NCc3ccc(F)cc3)c21. The van der Waals surface area contributed by atoms with Crippen molar-refractivity contribution in [1.82, 2.24) is 5.32 Å². The van der Waals surface area contributed by atoms with E-state index in [0.29, 0.717) is 12.2 Å². The van der Waals surface area contributed by atoms with Crippen molar-refractivity contribution in [1.29, 1.82) is 0 Å². The van der Waals surface area contributed by atoms with Gasteiger partial charge in [-0.1, -0.05) is 28.1 Å². The molecule has 0 radical (unpaired) electrons. The van der Waals surface area contributed by atoms with Crippen LogP contribution < -0.4 is 15.5 Å². The number of urea groups is 1. The van der Waals surface area contributed by atoms with Gasteiger partial charge in [-0.3, -0.25) is 4.79 Å². The van der Waals surface area contributed by atoms with E-state index in [1.807, 2.05) is 6.07 Å². The summed E-state index contributed by atoms with van der Waals surface area (Å²) in [5.41, 5.74) is 3.13. The van der Waals surface area contributed by atoms with Crippen LogP contribution in [0.1, 0.15) is 18.1 Å². The molecule has 1 heterocycles. The smallest absolute Gasteiger partial charge is 0.319 e. The third-order valence-electron chi connectivity index (χ3n) is 4.02. The van der Waals surface area contributed by atoms with Crippen molar-refractivity contribution in [3.8, 4) is 0 Å². The van der Waals surface area contributed by atoms with E-state index in [9.17, 15) is 14.0 Å². The predicted octanol–water partition coefficient (Wildman–Crippen LogP) is 3.82. The van der Waals surface area contributed by atoms with E-state index in [0.717, 1.165) is 27.7 Å². The van der Waals surface area contributed by atoms with Crippen molar-refractivity contribution >= 4 is 39.2 Å². The summed E-state index contributed by atoms with van der Waals surface area (Å²) in [6.45, 7) is 2.39. The second-order valence-corrected chi connectivity index (χ2v) is 6.73. The van der Waals surface area contributed by atoms with Crippen LogP contribution in [0, 0.1) is 5.82 Å². The van der Waals surface area contributed by atoms with E-state index in [-0.39, 0.29) is 24.3 Å². The molecule has 3 rings (SSSR count). The Morgan fingerprint density at radius 3 is 2.64 bits per heavy atom. The van der Waals surface area contributed by atoms with Crippen molar-refractivity contribution in [2.75, 3.05) is 16.8 Å². The number of carbonyl (C=O) groups excluding carboxylic acids is 2. The summed E-state index contributed by atoms with van der Waals surface area (Å²) in [6.07, 6.45) is 0.750. The Bertz CT molecular complexity index is 824. The van der Waals surface area contributed by atoms with Crippen molar-refractivity contribution in [2.24, 2.45) is 0 Å². The molecule has 0 saturated heterocycles. The van der Waals surface area contributed by atoms with E-state index in [1.54, 1.807) is 23.1 Å². The van der Waals surface area contributed by atoms with Crippen LogP contribution in [0.25, 0.3) is 0 Å². The molecule has 5 nitrogen and oxygen atoms in total. The molecule has 0 aromatic heterocycles. The lowest BCUT2D eigenvalue weighted by atomic mass is 10.1. The first-order valence-electron chi connectivity index (χ1n) is 7.84. The number of halogens is 2. The Hall–Kier alpha value is -2.41. The van der Waals surface area contributed by atoms with Crippen LogP contribution in [-0.4, -0.2) is 18.5 Å². The van der Waals surface area contributed by atoms with Crippen LogP contribution in [0.4, 0.5) is 20.6 Å². The fraction of sp³-hybridized carbons (Fsp3) is 0.222. The van der Waals surface area contributed by atoms with E-state index >= 15 is 0 Å². The van der Waals surface area contributed by atoms with Crippen molar-refractivity contribution in [3.05, 3.63) is 57.8 Å². The number of amides is 3. The van der Waals surface area contributed by atoms with Crippen LogP contribution in [0.2, 0.25) is 0 Å². The number of hydrogen-bond acceptors (Lipinski definition) is 2. The monoisotopic (exact) mass is 405 g/mol. The molecule has 3 amide bonds. The summed E-state index contributed by atoms with van der Waals surface area (Å²) in [7, 11) is 0. The minimum atomic E-state index is -0.389. The van der Waals surface area contributed by atoms with Gasteiger partial charge >= 0.3 is 6.03 Å². The summed E-state index contributed by atoms with van der Waals surface area (Å²) in [5, 5.41) is 5.53. The maximum absolute atomic E-state index is 12.9. The highest BCUT2D eigenvalue weighted by Crippen LogP contribution is 2.38. The molecule has 2 aromatic carbocycles. The fourth-order valence-electron chi connectivity index (χ4n) is 2.87. The Labute approximate surface area is 153 Å². The molecule has 0 spiro atoms. The predicted molar refractivity (Wildman–Crippen MR) is 98.1 cm³/mol. The first kappa shape index (κ1) is 17.4. The second kappa shape index (κ2) is 7.23. The van der Waals surface area contributed by atoms with Gasteiger partial charge in [0.2, 0.25) is 5.91 Å². The van der Waals surface area contributed by atoms with Gasteiger partial charge in [-0.05, 0) is 41.8 Å². The van der Waals surface area contributed by atoms with E-state index in [1.165, 1.54) is 19.1 Å². The molecule has 2 N–H and O–H groups in total. The molecule has 0 bridgehead atoms. The molecular formula is C18H17BrFN3O2. The van der Waals surface area contributed by atoms with Crippen molar-refractivity contribution < 1.29 is 14.0 Å². The van der Waals surface area contributed by atoms with Crippen LogP contribution in [0.15, 0.2) is 40.9 Å². The second-order valence-electron chi connectivity index (χ2n) is 5.82. The van der Waals surface area contributed by atoms with E-state index in [4.69, 9.17) is 0 Å². The quantitative estimate of drug-likeness (QED) is 0.814. The maximum atomic E-state index is 12.9. The van der Waals surface area contributed by atoms with Gasteiger partial charge in [-0.15, -0.1) is 0 Å². The van der Waals surface area contributed by atoms with Crippen LogP contribution >= 0.6 is 15.9 Å². The highest BCUT2D eigenvalue weighted by Gasteiger charge is 2.26. The van der Waals surface area contributed by atoms with Gasteiger partial charge in [0, 0.05) is 24.5 Å². The third kappa shape index (κ3) is 3.99. The molecule has 1 aliphatic rings. The van der Waals surface area contributed by atoms with Gasteiger partial charge in [-0.25, -0.2) is 9.18 Å². The fourth-order valence-corrected chi connectivity index (χ4v) is 3.38. The summed E-state index contributed by atoms with van der Waals surface area (Å²) in [6, 6.07) is 9.27. The molecule has 25 heavy (non-hydrogen) atoms. The lowest BCUT2D eigenvalue weighted by Gasteiger charge is -2.19. The summed E-state index contributed by atoms with van der Waals surface area (Å²) < 4.78 is 13.7. The largest absolute Gasteiger partial charge is 0.334 e. The highest BCUT2D eigenvalue weighted by atomic mass is 79.9. The lowest BCUT2D eigenvalue weighted by Crippen LogP contribution is -2.30. The van der Waals surface area contributed by atoms with Gasteiger partial charge in [0.25, 0.3) is 0 Å². The molecule has 130 valence electrons. The summed E-state index contributed by atoms with van der Waals surface area (Å²) in [5.74, 6) is -0.377. The molecule has 1 aliphatic heterocycles. The molecule has 0 unspecified atom stereocenters. The van der Waals surface area contributed by atoms with Crippen molar-refractivity contribution in [2.45, 2.75) is 19.9 Å². The minimum Gasteiger partial charge on any atom is -0.334 e. The number of rotatable bonds is 3. The van der Waals surface area contributed by atoms with E-state index in [2.05, 4.69) is 26.6 Å². The van der Waals surface area contributed by atoms with Gasteiger partial charge in [0.15, 0.2) is 0 Å². The Morgan fingerprint density at radius 2 is 1.96 bits per heavy atom. The van der Waals surface area contributed by atoms with E-state index < -0.39 is 0 Å². The zero-order valence-corrected chi connectivity index (χ0v) is 15.2. The number of nitrogens with one attached hydrogen (secondary N) is 2. The summed E-state index contributed by atoms with van der Waals surface area (Å²) in [4.78, 5) is 25.7. The molecule has 0 fully saturated rings. The zero-order chi connectivity index (χ0) is 18.0. The molecular weight excluding hydrogens is 389 g/mol. The molecule has 7 heteroatoms. The van der Waals surface area contributed by atoms with Crippen molar-refractivity contribution in [3.63, 3.8) is 0 Å². The average Bonchev–Trinajstić information content (AvgIpc) is 2.98. The topological polar surface area (TPSA) is 61.4 Å². The molecule has 0 aliphatic carbocycles. The number of nitrogens with zero attached hydrogens (tertiary/aromatic N) is 1. The number of anilines is 2. The first-order valence-corrected chi connectivity index (χ1v) is 8.63. The Balaban J connectivity index is 1.73. The van der Waals surface area contributed by atoms with Crippen LogP contribution in [0.5, 0.6) is 0 Å². The molecule has 0 atom stereocenters. The third-order valence-corrected chi connectivity index (χ3v) is 4.48.